The molecule has 0 atom stereocenters. The van der Waals surface area contributed by atoms with Crippen molar-refractivity contribution in [3.63, 3.8) is 0 Å². The van der Waals surface area contributed by atoms with E-state index in [2.05, 4.69) is 19.1 Å². The van der Waals surface area contributed by atoms with E-state index in [-0.39, 0.29) is 11.8 Å². The zero-order chi connectivity index (χ0) is 21.6. The highest BCUT2D eigenvalue weighted by Crippen LogP contribution is 2.18. The summed E-state index contributed by atoms with van der Waals surface area (Å²) in [6.07, 6.45) is 0. The highest BCUT2D eigenvalue weighted by atomic mass is 16.5. The monoisotopic (exact) mass is 414 g/mol. The van der Waals surface area contributed by atoms with Crippen LogP contribution in [0.5, 0.6) is 5.75 Å². The number of hydrogen-bond donors (Lipinski definition) is 0. The van der Waals surface area contributed by atoms with Crippen molar-refractivity contribution < 1.29 is 14.3 Å². The number of nitrogens with zero attached hydrogens (tertiary/aromatic N) is 2. The molecule has 0 radical (unpaired) electrons. The predicted octanol–water partition coefficient (Wildman–Crippen LogP) is 4.17. The Hall–Kier alpha value is -3.60. The first-order valence-corrected chi connectivity index (χ1v) is 10.5. The van der Waals surface area contributed by atoms with Gasteiger partial charge in [0, 0.05) is 37.3 Å². The van der Waals surface area contributed by atoms with Gasteiger partial charge >= 0.3 is 0 Å². The molecular formula is C26H26N2O3. The van der Waals surface area contributed by atoms with Gasteiger partial charge in [0.1, 0.15) is 12.4 Å². The minimum atomic E-state index is -0.0344. The fourth-order valence-electron chi connectivity index (χ4n) is 3.75. The van der Waals surface area contributed by atoms with E-state index in [0.717, 1.165) is 5.56 Å². The lowest BCUT2D eigenvalue weighted by molar-refractivity contribution is 0.0535. The first-order valence-electron chi connectivity index (χ1n) is 10.5. The highest BCUT2D eigenvalue weighted by Gasteiger charge is 2.25. The third-order valence-corrected chi connectivity index (χ3v) is 5.44. The van der Waals surface area contributed by atoms with Crippen LogP contribution in [0.3, 0.4) is 0 Å². The summed E-state index contributed by atoms with van der Waals surface area (Å²) in [6, 6.07) is 24.7. The summed E-state index contributed by atoms with van der Waals surface area (Å²) in [7, 11) is 0. The molecule has 1 saturated heterocycles. The molecule has 1 fully saturated rings. The van der Waals surface area contributed by atoms with Gasteiger partial charge in [-0.25, -0.2) is 0 Å². The van der Waals surface area contributed by atoms with Gasteiger partial charge in [-0.1, -0.05) is 54.1 Å². The van der Waals surface area contributed by atoms with Crippen molar-refractivity contribution in [3.05, 3.63) is 101 Å². The van der Waals surface area contributed by atoms with Crippen LogP contribution in [0.25, 0.3) is 0 Å². The van der Waals surface area contributed by atoms with Crippen LogP contribution in [-0.2, 0) is 6.61 Å². The molecule has 158 valence electrons. The molecule has 31 heavy (non-hydrogen) atoms. The number of benzene rings is 3. The van der Waals surface area contributed by atoms with Gasteiger partial charge in [-0.3, -0.25) is 9.59 Å². The third kappa shape index (κ3) is 5.12. The maximum absolute atomic E-state index is 13.0. The van der Waals surface area contributed by atoms with Gasteiger partial charge in [0.2, 0.25) is 0 Å². The summed E-state index contributed by atoms with van der Waals surface area (Å²) in [5.74, 6) is 0.650. The van der Waals surface area contributed by atoms with Gasteiger partial charge in [0.25, 0.3) is 11.8 Å². The number of ether oxygens (including phenoxy) is 1. The number of rotatable bonds is 5. The summed E-state index contributed by atoms with van der Waals surface area (Å²) in [6.45, 7) is 4.61. The fraction of sp³-hybridized carbons (Fsp3) is 0.231. The Balaban J connectivity index is 1.34. The van der Waals surface area contributed by atoms with Gasteiger partial charge in [-0.15, -0.1) is 0 Å². The van der Waals surface area contributed by atoms with E-state index < -0.39 is 0 Å². The molecule has 3 aromatic rings. The number of carbonyl (C=O) groups is 2. The molecule has 2 amide bonds. The Morgan fingerprint density at radius 3 is 2.03 bits per heavy atom. The summed E-state index contributed by atoms with van der Waals surface area (Å²) >= 11 is 0. The summed E-state index contributed by atoms with van der Waals surface area (Å²) in [4.78, 5) is 29.2. The summed E-state index contributed by atoms with van der Waals surface area (Å²) < 4.78 is 5.90. The molecular weight excluding hydrogens is 388 g/mol. The molecule has 5 nitrogen and oxygen atoms in total. The zero-order valence-corrected chi connectivity index (χ0v) is 17.7. The lowest BCUT2D eigenvalue weighted by Crippen LogP contribution is -2.50. The lowest BCUT2D eigenvalue weighted by Gasteiger charge is -2.35. The van der Waals surface area contributed by atoms with Crippen molar-refractivity contribution in [3.8, 4) is 5.75 Å². The Bertz CT molecular complexity index is 1060. The number of piperazine rings is 1. The molecule has 0 saturated carbocycles. The fourth-order valence-corrected chi connectivity index (χ4v) is 3.75. The molecule has 4 rings (SSSR count). The zero-order valence-electron chi connectivity index (χ0n) is 17.7. The van der Waals surface area contributed by atoms with Crippen molar-refractivity contribution in [2.75, 3.05) is 26.2 Å². The van der Waals surface area contributed by atoms with Crippen molar-refractivity contribution >= 4 is 11.8 Å². The van der Waals surface area contributed by atoms with E-state index in [1.54, 1.807) is 15.9 Å². The molecule has 3 aromatic carbocycles. The summed E-state index contributed by atoms with van der Waals surface area (Å²) in [5.41, 5.74) is 3.57. The molecule has 0 N–H and O–H groups in total. The van der Waals surface area contributed by atoms with Crippen molar-refractivity contribution in [1.82, 2.24) is 9.80 Å². The summed E-state index contributed by atoms with van der Waals surface area (Å²) in [5, 5.41) is 0. The van der Waals surface area contributed by atoms with Crippen LogP contribution in [0.15, 0.2) is 78.9 Å². The van der Waals surface area contributed by atoms with E-state index in [1.807, 2.05) is 60.7 Å². The van der Waals surface area contributed by atoms with Crippen LogP contribution in [0.2, 0.25) is 0 Å². The smallest absolute Gasteiger partial charge is 0.254 e. The largest absolute Gasteiger partial charge is 0.489 e. The van der Waals surface area contributed by atoms with E-state index in [0.29, 0.717) is 49.7 Å². The van der Waals surface area contributed by atoms with Gasteiger partial charge in [0.05, 0.1) is 0 Å². The molecule has 0 bridgehead atoms. The number of aryl methyl sites for hydroxylation is 1. The van der Waals surface area contributed by atoms with Crippen LogP contribution in [-0.4, -0.2) is 47.8 Å². The number of hydrogen-bond acceptors (Lipinski definition) is 3. The molecule has 0 aromatic heterocycles. The standard InChI is InChI=1S/C26H26N2O3/c1-20-7-5-8-21(17-20)19-31-24-12-6-11-23(18-24)26(30)28-15-13-27(14-16-28)25(29)22-9-3-2-4-10-22/h2-12,17-18H,13-16,19H2,1H3. The van der Waals surface area contributed by atoms with Gasteiger partial charge in [-0.2, -0.15) is 0 Å². The predicted molar refractivity (Wildman–Crippen MR) is 120 cm³/mol. The molecule has 1 aliphatic rings. The SMILES string of the molecule is Cc1cccc(COc2cccc(C(=O)N3CCN(C(=O)c4ccccc4)CC3)c2)c1. The van der Waals surface area contributed by atoms with Crippen LogP contribution >= 0.6 is 0 Å². The molecule has 5 heteroatoms. The first kappa shape index (κ1) is 20.7. The molecule has 0 spiro atoms. The Kier molecular flexibility index (Phi) is 6.32. The quantitative estimate of drug-likeness (QED) is 0.630. The average molecular weight is 415 g/mol. The first-order chi connectivity index (χ1) is 15.1. The molecule has 1 heterocycles. The maximum atomic E-state index is 13.0. The maximum Gasteiger partial charge on any atom is 0.254 e. The van der Waals surface area contributed by atoms with Gasteiger partial charge in [0.15, 0.2) is 0 Å². The van der Waals surface area contributed by atoms with Crippen LogP contribution in [0, 0.1) is 6.92 Å². The number of carbonyl (C=O) groups excluding carboxylic acids is 2. The Labute approximate surface area is 182 Å². The van der Waals surface area contributed by atoms with Crippen LogP contribution in [0.1, 0.15) is 31.8 Å². The number of amides is 2. The second-order valence-electron chi connectivity index (χ2n) is 7.76. The highest BCUT2D eigenvalue weighted by molar-refractivity contribution is 5.96. The second-order valence-corrected chi connectivity index (χ2v) is 7.76. The van der Waals surface area contributed by atoms with E-state index >= 15 is 0 Å². The minimum Gasteiger partial charge on any atom is -0.489 e. The van der Waals surface area contributed by atoms with Gasteiger partial charge in [-0.05, 0) is 42.8 Å². The average Bonchev–Trinajstić information content (AvgIpc) is 2.83. The van der Waals surface area contributed by atoms with Crippen molar-refractivity contribution in [2.24, 2.45) is 0 Å². The van der Waals surface area contributed by atoms with Gasteiger partial charge < -0.3 is 14.5 Å². The van der Waals surface area contributed by atoms with Crippen molar-refractivity contribution in [2.45, 2.75) is 13.5 Å². The van der Waals surface area contributed by atoms with Crippen molar-refractivity contribution in [1.29, 1.82) is 0 Å². The minimum absolute atomic E-state index is 0.0132. The Morgan fingerprint density at radius 2 is 1.35 bits per heavy atom. The molecule has 0 unspecified atom stereocenters. The van der Waals surface area contributed by atoms with E-state index in [9.17, 15) is 9.59 Å². The van der Waals surface area contributed by atoms with E-state index in [4.69, 9.17) is 4.74 Å². The Morgan fingerprint density at radius 1 is 0.742 bits per heavy atom. The molecule has 1 aliphatic heterocycles. The second kappa shape index (κ2) is 9.47. The van der Waals surface area contributed by atoms with E-state index in [1.165, 1.54) is 5.56 Å². The molecule has 0 aliphatic carbocycles. The lowest BCUT2D eigenvalue weighted by atomic mass is 10.1. The third-order valence-electron chi connectivity index (χ3n) is 5.44. The topological polar surface area (TPSA) is 49.9 Å². The van der Waals surface area contributed by atoms with Crippen LogP contribution < -0.4 is 4.74 Å². The normalized spacial score (nSPS) is 13.7. The van der Waals surface area contributed by atoms with Crippen LogP contribution in [0.4, 0.5) is 0 Å².